The van der Waals surface area contributed by atoms with E-state index >= 15 is 0 Å². The number of likely N-dealkylation sites (tertiary alicyclic amines) is 2. The number of hydrogen-bond donors (Lipinski definition) is 1. The van der Waals surface area contributed by atoms with Crippen LogP contribution >= 0.6 is 0 Å². The van der Waals surface area contributed by atoms with Crippen LogP contribution in [-0.2, 0) is 11.3 Å². The van der Waals surface area contributed by atoms with E-state index in [0.29, 0.717) is 12.6 Å². The third-order valence-electron chi connectivity index (χ3n) is 5.34. The number of rotatable bonds is 5. The van der Waals surface area contributed by atoms with Gasteiger partial charge in [0.1, 0.15) is 0 Å². The van der Waals surface area contributed by atoms with E-state index in [9.17, 15) is 9.90 Å². The highest BCUT2D eigenvalue weighted by Gasteiger charge is 2.29. The Morgan fingerprint density at radius 3 is 2.80 bits per heavy atom. The lowest BCUT2D eigenvalue weighted by Gasteiger charge is -2.41. The predicted molar refractivity (Wildman–Crippen MR) is 97.0 cm³/mol. The van der Waals surface area contributed by atoms with Crippen LogP contribution in [0.1, 0.15) is 31.2 Å². The molecule has 2 aliphatic rings. The molecule has 138 valence electrons. The van der Waals surface area contributed by atoms with Gasteiger partial charge in [0.15, 0.2) is 0 Å². The fraction of sp³-hybridized carbons (Fsp3) is 0.684. The van der Waals surface area contributed by atoms with Gasteiger partial charge >= 0.3 is 0 Å². The molecule has 0 unspecified atom stereocenters. The summed E-state index contributed by atoms with van der Waals surface area (Å²) in [7, 11) is 1.98. The standard InChI is InChI=1S/C19H30N4O2/c1-21(13-16-4-2-8-20-12-16)15-19(25)22-10-6-17(7-11-22)23-9-3-5-18(24)14-23/h2,4,8,12,17-18,24H,3,5-7,9-11,13-15H2,1H3/t18-/m0/s1. The number of pyridine rings is 1. The topological polar surface area (TPSA) is 59.9 Å². The number of carbonyl (C=O) groups is 1. The second-order valence-electron chi connectivity index (χ2n) is 7.44. The van der Waals surface area contributed by atoms with Crippen LogP contribution in [-0.4, -0.2) is 82.6 Å². The molecule has 0 radical (unpaired) electrons. The Morgan fingerprint density at radius 1 is 1.32 bits per heavy atom. The Morgan fingerprint density at radius 2 is 2.12 bits per heavy atom. The number of aromatic nitrogens is 1. The van der Waals surface area contributed by atoms with Crippen molar-refractivity contribution in [2.24, 2.45) is 0 Å². The lowest BCUT2D eigenvalue weighted by molar-refractivity contribution is -0.134. The van der Waals surface area contributed by atoms with Gasteiger partial charge in [-0.15, -0.1) is 0 Å². The number of amides is 1. The van der Waals surface area contributed by atoms with E-state index in [1.807, 2.05) is 35.2 Å². The highest BCUT2D eigenvalue weighted by molar-refractivity contribution is 5.78. The minimum Gasteiger partial charge on any atom is -0.392 e. The summed E-state index contributed by atoms with van der Waals surface area (Å²) in [6, 6.07) is 4.48. The number of nitrogens with zero attached hydrogens (tertiary/aromatic N) is 4. The summed E-state index contributed by atoms with van der Waals surface area (Å²) in [4.78, 5) is 23.1. The average Bonchev–Trinajstić information content (AvgIpc) is 2.62. The van der Waals surface area contributed by atoms with Gasteiger partial charge in [0.05, 0.1) is 12.6 Å². The van der Waals surface area contributed by atoms with Crippen LogP contribution < -0.4 is 0 Å². The van der Waals surface area contributed by atoms with Gasteiger partial charge in [-0.05, 0) is 50.9 Å². The van der Waals surface area contributed by atoms with Crippen molar-refractivity contribution in [1.29, 1.82) is 0 Å². The maximum absolute atomic E-state index is 12.5. The first-order chi connectivity index (χ1) is 12.1. The summed E-state index contributed by atoms with van der Waals surface area (Å²) >= 11 is 0. The van der Waals surface area contributed by atoms with Gasteiger partial charge in [0, 0.05) is 44.6 Å². The van der Waals surface area contributed by atoms with Gasteiger partial charge in [-0.1, -0.05) is 6.07 Å². The fourth-order valence-electron chi connectivity index (χ4n) is 3.99. The van der Waals surface area contributed by atoms with Crippen LogP contribution in [0, 0.1) is 0 Å². The molecule has 3 heterocycles. The summed E-state index contributed by atoms with van der Waals surface area (Å²) in [5.74, 6) is 0.212. The van der Waals surface area contributed by atoms with Gasteiger partial charge in [-0.3, -0.25) is 19.6 Å². The molecule has 1 aromatic heterocycles. The van der Waals surface area contributed by atoms with E-state index in [1.54, 1.807) is 6.20 Å². The first-order valence-electron chi connectivity index (χ1n) is 9.39. The monoisotopic (exact) mass is 346 g/mol. The Bertz CT molecular complexity index is 546. The Hall–Kier alpha value is -1.50. The number of piperidine rings is 2. The molecule has 6 heteroatoms. The minimum atomic E-state index is -0.172. The van der Waals surface area contributed by atoms with Crippen molar-refractivity contribution in [2.45, 2.75) is 44.4 Å². The smallest absolute Gasteiger partial charge is 0.236 e. The zero-order valence-corrected chi connectivity index (χ0v) is 15.2. The number of hydrogen-bond acceptors (Lipinski definition) is 5. The van der Waals surface area contributed by atoms with Crippen LogP contribution in [0.4, 0.5) is 0 Å². The number of likely N-dealkylation sites (N-methyl/N-ethyl adjacent to an activating group) is 1. The molecule has 0 aliphatic carbocycles. The number of aliphatic hydroxyl groups is 1. The minimum absolute atomic E-state index is 0.172. The molecular weight excluding hydrogens is 316 g/mol. The molecule has 3 rings (SSSR count). The third kappa shape index (κ3) is 5.23. The average molecular weight is 346 g/mol. The van der Waals surface area contributed by atoms with Gasteiger partial charge in [0.2, 0.25) is 5.91 Å². The Balaban J connectivity index is 1.42. The molecule has 2 fully saturated rings. The summed E-state index contributed by atoms with van der Waals surface area (Å²) in [5, 5.41) is 9.85. The van der Waals surface area contributed by atoms with Crippen LogP contribution in [0.3, 0.4) is 0 Å². The molecular formula is C19H30N4O2. The maximum Gasteiger partial charge on any atom is 0.236 e. The largest absolute Gasteiger partial charge is 0.392 e. The lowest BCUT2D eigenvalue weighted by Crippen LogP contribution is -2.51. The molecule has 0 saturated carbocycles. The van der Waals surface area contributed by atoms with Crippen molar-refractivity contribution in [2.75, 3.05) is 39.8 Å². The summed E-state index contributed by atoms with van der Waals surface area (Å²) in [5.41, 5.74) is 1.13. The summed E-state index contributed by atoms with van der Waals surface area (Å²) < 4.78 is 0. The van der Waals surface area contributed by atoms with Gasteiger partial charge in [-0.2, -0.15) is 0 Å². The van der Waals surface area contributed by atoms with Crippen LogP contribution in [0.2, 0.25) is 0 Å². The molecule has 1 N–H and O–H groups in total. The van der Waals surface area contributed by atoms with E-state index in [2.05, 4.69) is 9.88 Å². The zero-order valence-electron chi connectivity index (χ0n) is 15.2. The Labute approximate surface area is 150 Å². The molecule has 6 nitrogen and oxygen atoms in total. The fourth-order valence-corrected chi connectivity index (χ4v) is 3.99. The van der Waals surface area contributed by atoms with Crippen molar-refractivity contribution in [1.82, 2.24) is 19.7 Å². The van der Waals surface area contributed by atoms with Crippen LogP contribution in [0.15, 0.2) is 24.5 Å². The first kappa shape index (κ1) is 18.3. The highest BCUT2D eigenvalue weighted by Crippen LogP contribution is 2.21. The molecule has 2 aliphatic heterocycles. The van der Waals surface area contributed by atoms with Crippen molar-refractivity contribution < 1.29 is 9.90 Å². The second-order valence-corrected chi connectivity index (χ2v) is 7.44. The zero-order chi connectivity index (χ0) is 17.6. The normalized spacial score (nSPS) is 23.2. The van der Waals surface area contributed by atoms with E-state index in [4.69, 9.17) is 0 Å². The van der Waals surface area contributed by atoms with Gasteiger partial charge < -0.3 is 10.0 Å². The molecule has 1 atom stereocenters. The van der Waals surface area contributed by atoms with E-state index in [-0.39, 0.29) is 12.0 Å². The summed E-state index contributed by atoms with van der Waals surface area (Å²) in [6.07, 6.45) is 7.49. The van der Waals surface area contributed by atoms with Crippen molar-refractivity contribution in [3.63, 3.8) is 0 Å². The van der Waals surface area contributed by atoms with E-state index in [1.165, 1.54) is 0 Å². The van der Waals surface area contributed by atoms with E-state index < -0.39 is 0 Å². The van der Waals surface area contributed by atoms with Crippen LogP contribution in [0.25, 0.3) is 0 Å². The number of aliphatic hydroxyl groups excluding tert-OH is 1. The third-order valence-corrected chi connectivity index (χ3v) is 5.34. The quantitative estimate of drug-likeness (QED) is 0.861. The molecule has 0 aromatic carbocycles. The first-order valence-corrected chi connectivity index (χ1v) is 9.39. The van der Waals surface area contributed by atoms with Crippen molar-refractivity contribution in [3.8, 4) is 0 Å². The second kappa shape index (κ2) is 8.74. The maximum atomic E-state index is 12.5. The lowest BCUT2D eigenvalue weighted by atomic mass is 9.99. The highest BCUT2D eigenvalue weighted by atomic mass is 16.3. The van der Waals surface area contributed by atoms with E-state index in [0.717, 1.165) is 64.0 Å². The molecule has 1 aromatic rings. The molecule has 0 spiro atoms. The van der Waals surface area contributed by atoms with Crippen LogP contribution in [0.5, 0.6) is 0 Å². The molecule has 25 heavy (non-hydrogen) atoms. The molecule has 2 saturated heterocycles. The van der Waals surface area contributed by atoms with Gasteiger partial charge in [0.25, 0.3) is 0 Å². The molecule has 1 amide bonds. The number of β-amino-alcohol motifs (C(OH)–C–C–N with tert-alkyl or cyclic N) is 1. The SMILES string of the molecule is CN(CC(=O)N1CCC(N2CCC[C@H](O)C2)CC1)Cc1cccnc1. The number of carbonyl (C=O) groups excluding carboxylic acids is 1. The summed E-state index contributed by atoms with van der Waals surface area (Å²) in [6.45, 7) is 4.73. The predicted octanol–water partition coefficient (Wildman–Crippen LogP) is 0.961. The van der Waals surface area contributed by atoms with Crippen molar-refractivity contribution >= 4 is 5.91 Å². The van der Waals surface area contributed by atoms with Gasteiger partial charge in [-0.25, -0.2) is 0 Å². The van der Waals surface area contributed by atoms with Crippen molar-refractivity contribution in [3.05, 3.63) is 30.1 Å². The Kier molecular flexibility index (Phi) is 6.39. The molecule has 0 bridgehead atoms.